The van der Waals surface area contributed by atoms with Crippen LogP contribution in [0.4, 0.5) is 13.2 Å². The second-order valence-electron chi connectivity index (χ2n) is 6.96. The number of halogens is 3. The van der Waals surface area contributed by atoms with Crippen LogP contribution in [0, 0.1) is 0 Å². The number of aromatic nitrogens is 2. The summed E-state index contributed by atoms with van der Waals surface area (Å²) in [7, 11) is -0.190. The van der Waals surface area contributed by atoms with E-state index in [9.17, 15) is 18.0 Å². The average molecular weight is 386 g/mol. The number of hydrogen-bond acceptors (Lipinski definition) is 2. The number of carbonyl (C=O) groups is 1. The predicted octanol–water partition coefficient (Wildman–Crippen LogP) is 2.41. The van der Waals surface area contributed by atoms with Crippen molar-refractivity contribution >= 4 is 35.8 Å². The smallest absolute Gasteiger partial charge is 0.349 e. The van der Waals surface area contributed by atoms with Crippen molar-refractivity contribution < 1.29 is 18.0 Å². The van der Waals surface area contributed by atoms with E-state index in [2.05, 4.69) is 28.4 Å². The Bertz CT molecular complexity index is 787. The minimum Gasteiger partial charge on any atom is -0.349 e. The first kappa shape index (κ1) is 18.2. The van der Waals surface area contributed by atoms with Crippen molar-refractivity contribution in [2.45, 2.75) is 49.2 Å². The van der Waals surface area contributed by atoms with Crippen molar-refractivity contribution in [3.05, 3.63) is 29.7 Å². The summed E-state index contributed by atoms with van der Waals surface area (Å²) in [6.07, 6.45) is -0.0669. The Labute approximate surface area is 148 Å². The number of amides is 1. The molecule has 0 aromatic carbocycles. The van der Waals surface area contributed by atoms with Crippen molar-refractivity contribution in [3.63, 3.8) is 0 Å². The van der Waals surface area contributed by atoms with Gasteiger partial charge in [0.2, 0.25) is 0 Å². The van der Waals surface area contributed by atoms with Gasteiger partial charge in [-0.15, -0.1) is 0 Å². The van der Waals surface area contributed by atoms with Gasteiger partial charge in [0.1, 0.15) is 11.4 Å². The largest absolute Gasteiger partial charge is 0.433 e. The van der Waals surface area contributed by atoms with Gasteiger partial charge in [-0.05, 0) is 29.6 Å². The molecule has 0 spiro atoms. The fourth-order valence-corrected chi connectivity index (χ4v) is 8.18. The highest BCUT2D eigenvalue weighted by atomic mass is 28.3. The molecule has 2 aromatic rings. The Balaban J connectivity index is 1.75. The highest BCUT2D eigenvalue weighted by molar-refractivity contribution is 6.60. The molecule has 0 bridgehead atoms. The molecule has 0 saturated heterocycles. The van der Waals surface area contributed by atoms with E-state index in [0.717, 1.165) is 25.1 Å². The Hall–Kier alpha value is -1.62. The van der Waals surface area contributed by atoms with E-state index in [1.807, 2.05) is 0 Å². The highest BCUT2D eigenvalue weighted by Crippen LogP contribution is 2.43. The molecule has 1 aliphatic rings. The van der Waals surface area contributed by atoms with Crippen molar-refractivity contribution in [2.24, 2.45) is 0 Å². The Kier molecular flexibility index (Phi) is 4.80. The SMILES string of the molecule is C[SiH2]C1([SiH2]C)CCC(NC(=O)c2cc3cc(C(F)(F)F)ncc3[nH]2)C1. The normalized spacial score (nSPS) is 24.9. The maximum Gasteiger partial charge on any atom is 0.433 e. The van der Waals surface area contributed by atoms with Crippen LogP contribution in [0.3, 0.4) is 0 Å². The molecule has 1 fully saturated rings. The molecule has 25 heavy (non-hydrogen) atoms. The second kappa shape index (κ2) is 6.60. The third kappa shape index (κ3) is 3.66. The number of nitrogens with one attached hydrogen (secondary N) is 2. The standard InChI is InChI=1S/C16H22F3N3OSi2/c1-24-15(25-2)4-3-10(7-15)21-14(23)11-5-9-6-13(16(17,18)19)20-8-12(9)22-11/h5-6,8,10,22H,3-4,7,24-25H2,1-2H3,(H,21,23). The Morgan fingerprint density at radius 2 is 2.08 bits per heavy atom. The number of rotatable bonds is 4. The summed E-state index contributed by atoms with van der Waals surface area (Å²) in [6, 6.07) is 2.62. The van der Waals surface area contributed by atoms with E-state index in [1.54, 1.807) is 0 Å². The van der Waals surface area contributed by atoms with Gasteiger partial charge >= 0.3 is 6.18 Å². The molecule has 2 aromatic heterocycles. The molecule has 4 nitrogen and oxygen atoms in total. The Morgan fingerprint density at radius 1 is 1.36 bits per heavy atom. The van der Waals surface area contributed by atoms with Crippen LogP contribution in [0.15, 0.2) is 18.3 Å². The van der Waals surface area contributed by atoms with Crippen LogP contribution in [-0.4, -0.2) is 41.0 Å². The van der Waals surface area contributed by atoms with Crippen molar-refractivity contribution in [1.82, 2.24) is 15.3 Å². The lowest BCUT2D eigenvalue weighted by Crippen LogP contribution is -2.34. The summed E-state index contributed by atoms with van der Waals surface area (Å²) in [5.74, 6) is -0.249. The summed E-state index contributed by atoms with van der Waals surface area (Å²) in [4.78, 5) is 18.8. The number of carbonyl (C=O) groups excluding carboxylic acids is 1. The number of alkyl halides is 3. The zero-order chi connectivity index (χ0) is 18.2. The molecule has 9 heteroatoms. The van der Waals surface area contributed by atoms with Gasteiger partial charge in [0.15, 0.2) is 0 Å². The van der Waals surface area contributed by atoms with Gasteiger partial charge in [-0.1, -0.05) is 19.5 Å². The maximum absolute atomic E-state index is 12.7. The third-order valence-electron chi connectivity index (χ3n) is 5.58. The molecule has 2 heterocycles. The lowest BCUT2D eigenvalue weighted by molar-refractivity contribution is -0.141. The predicted molar refractivity (Wildman–Crippen MR) is 97.7 cm³/mol. The molecular weight excluding hydrogens is 363 g/mol. The van der Waals surface area contributed by atoms with E-state index >= 15 is 0 Å². The molecule has 2 N–H and O–H groups in total. The first-order valence-electron chi connectivity index (χ1n) is 8.63. The summed E-state index contributed by atoms with van der Waals surface area (Å²) in [5, 5.41) is 3.40. The number of hydrogen-bond donors (Lipinski definition) is 2. The van der Waals surface area contributed by atoms with Gasteiger partial charge in [-0.2, -0.15) is 13.2 Å². The molecule has 0 radical (unpaired) electrons. The average Bonchev–Trinajstić information content (AvgIpc) is 3.17. The molecule has 0 aliphatic heterocycles. The molecule has 3 rings (SSSR count). The summed E-state index contributed by atoms with van der Waals surface area (Å²) < 4.78 is 38.8. The zero-order valence-electron chi connectivity index (χ0n) is 14.3. The molecule has 1 unspecified atom stereocenters. The number of aromatic amines is 1. The van der Waals surface area contributed by atoms with Crippen molar-refractivity contribution in [2.75, 3.05) is 0 Å². The van der Waals surface area contributed by atoms with Gasteiger partial charge in [0, 0.05) is 30.5 Å². The fraction of sp³-hybridized carbons (Fsp3) is 0.500. The van der Waals surface area contributed by atoms with Crippen LogP contribution in [0.25, 0.3) is 10.9 Å². The van der Waals surface area contributed by atoms with Gasteiger partial charge < -0.3 is 10.3 Å². The van der Waals surface area contributed by atoms with Crippen molar-refractivity contribution in [3.8, 4) is 0 Å². The number of pyridine rings is 1. The summed E-state index contributed by atoms with van der Waals surface area (Å²) in [5.41, 5.74) is -0.232. The van der Waals surface area contributed by atoms with Gasteiger partial charge in [0.25, 0.3) is 5.91 Å². The van der Waals surface area contributed by atoms with Gasteiger partial charge in [0.05, 0.1) is 11.7 Å². The van der Waals surface area contributed by atoms with Crippen LogP contribution in [-0.2, 0) is 6.18 Å². The Morgan fingerprint density at radius 3 is 2.68 bits per heavy atom. The van der Waals surface area contributed by atoms with E-state index < -0.39 is 11.9 Å². The lowest BCUT2D eigenvalue weighted by atomic mass is 10.2. The minimum absolute atomic E-state index is 0.0950. The van der Waals surface area contributed by atoms with Crippen LogP contribution in [0.1, 0.15) is 35.4 Å². The molecule has 1 amide bonds. The lowest BCUT2D eigenvalue weighted by Gasteiger charge is -2.25. The van der Waals surface area contributed by atoms with E-state index in [-0.39, 0.29) is 36.7 Å². The third-order valence-corrected chi connectivity index (χ3v) is 12.9. The quantitative estimate of drug-likeness (QED) is 0.794. The molecule has 1 atom stereocenters. The molecule has 136 valence electrons. The molecule has 1 saturated carbocycles. The van der Waals surface area contributed by atoms with Crippen molar-refractivity contribution in [1.29, 1.82) is 0 Å². The first-order valence-corrected chi connectivity index (χ1v) is 12.9. The minimum atomic E-state index is -4.49. The molecular formula is C16H22F3N3OSi2. The number of H-pyrrole nitrogens is 1. The topological polar surface area (TPSA) is 57.8 Å². The number of fused-ring (bicyclic) bond motifs is 1. The van der Waals surface area contributed by atoms with Crippen LogP contribution >= 0.6 is 0 Å². The summed E-state index contributed by atoms with van der Waals surface area (Å²) in [6.45, 7) is 4.70. The van der Waals surface area contributed by atoms with E-state index in [1.165, 1.54) is 12.5 Å². The highest BCUT2D eigenvalue weighted by Gasteiger charge is 2.37. The second-order valence-corrected chi connectivity index (χ2v) is 12.4. The maximum atomic E-state index is 12.7. The molecule has 1 aliphatic carbocycles. The zero-order valence-corrected chi connectivity index (χ0v) is 17.2. The first-order chi connectivity index (χ1) is 11.8. The monoisotopic (exact) mass is 385 g/mol. The van der Waals surface area contributed by atoms with Gasteiger partial charge in [-0.3, -0.25) is 4.79 Å². The van der Waals surface area contributed by atoms with Crippen LogP contribution in [0.2, 0.25) is 17.8 Å². The summed E-state index contributed by atoms with van der Waals surface area (Å²) >= 11 is 0. The van der Waals surface area contributed by atoms with Gasteiger partial charge in [-0.25, -0.2) is 4.98 Å². The van der Waals surface area contributed by atoms with Crippen LogP contribution in [0.5, 0.6) is 0 Å². The number of nitrogens with zero attached hydrogens (tertiary/aromatic N) is 1. The van der Waals surface area contributed by atoms with Crippen LogP contribution < -0.4 is 5.32 Å². The van der Waals surface area contributed by atoms with E-state index in [4.69, 9.17) is 0 Å². The van der Waals surface area contributed by atoms with E-state index in [0.29, 0.717) is 15.6 Å². The fourth-order valence-electron chi connectivity index (χ4n) is 3.79.